The van der Waals surface area contributed by atoms with E-state index in [1.165, 1.54) is 25.7 Å². The molecule has 0 radical (unpaired) electrons. The lowest BCUT2D eigenvalue weighted by molar-refractivity contribution is -0.546. The van der Waals surface area contributed by atoms with Crippen LogP contribution < -0.4 is 0 Å². The molecule has 0 saturated carbocycles. The van der Waals surface area contributed by atoms with Crippen LogP contribution in [0.4, 0.5) is 0 Å². The molecule has 0 aromatic rings. The van der Waals surface area contributed by atoms with Crippen LogP contribution in [0.2, 0.25) is 0 Å². The monoisotopic (exact) mass is 388 g/mol. The fraction of sp³-hybridized carbons (Fsp3) is 1.00. The van der Waals surface area contributed by atoms with Gasteiger partial charge >= 0.3 is 0 Å². The molecule has 0 aromatic heterocycles. The second-order valence-electron chi connectivity index (χ2n) is 9.18. The molecule has 0 saturated heterocycles. The van der Waals surface area contributed by atoms with Crippen molar-refractivity contribution in [3.8, 4) is 0 Å². The molecule has 0 unspecified atom stereocenters. The van der Waals surface area contributed by atoms with E-state index in [9.17, 15) is 0 Å². The molecule has 27 heavy (non-hydrogen) atoms. The number of rotatable bonds is 18. The Kier molecular flexibility index (Phi) is 13.8. The highest BCUT2D eigenvalue weighted by Gasteiger charge is 2.38. The second kappa shape index (κ2) is 13.9. The van der Waals surface area contributed by atoms with Gasteiger partial charge < -0.3 is 0 Å². The number of hydrogen-bond acceptors (Lipinski definition) is 4. The summed E-state index contributed by atoms with van der Waals surface area (Å²) in [5.74, 6) is -0.840. The van der Waals surface area contributed by atoms with E-state index >= 15 is 0 Å². The third-order valence-electron chi connectivity index (χ3n) is 4.86. The van der Waals surface area contributed by atoms with Crippen LogP contribution in [-0.4, -0.2) is 17.0 Å². The lowest BCUT2D eigenvalue weighted by Gasteiger charge is -2.36. The Labute approximate surface area is 169 Å². The predicted octanol–water partition coefficient (Wildman–Crippen LogP) is 7.90. The summed E-state index contributed by atoms with van der Waals surface area (Å²) in [6, 6.07) is 0. The first kappa shape index (κ1) is 26.8. The second-order valence-corrected chi connectivity index (χ2v) is 9.18. The van der Waals surface area contributed by atoms with Crippen LogP contribution >= 0.6 is 0 Å². The quantitative estimate of drug-likeness (QED) is 0.103. The molecule has 4 nitrogen and oxygen atoms in total. The molecule has 0 aliphatic heterocycles. The average Bonchev–Trinajstić information content (AvgIpc) is 2.59. The minimum atomic E-state index is -0.840. The van der Waals surface area contributed by atoms with Gasteiger partial charge in [-0.2, -0.15) is 9.78 Å². The van der Waals surface area contributed by atoms with Gasteiger partial charge in [0.05, 0.1) is 11.2 Å². The highest BCUT2D eigenvalue weighted by molar-refractivity contribution is 4.71. The molecule has 4 heteroatoms. The van der Waals surface area contributed by atoms with Gasteiger partial charge in [0.1, 0.15) is 0 Å². The summed E-state index contributed by atoms with van der Waals surface area (Å²) in [4.78, 5) is 23.8. The molecule has 0 bridgehead atoms. The summed E-state index contributed by atoms with van der Waals surface area (Å²) in [7, 11) is 0. The van der Waals surface area contributed by atoms with Gasteiger partial charge in [-0.3, -0.25) is 0 Å². The van der Waals surface area contributed by atoms with Gasteiger partial charge in [-0.15, -0.1) is 0 Å². The van der Waals surface area contributed by atoms with Crippen molar-refractivity contribution in [3.63, 3.8) is 0 Å². The molecule has 0 spiro atoms. The lowest BCUT2D eigenvalue weighted by Crippen LogP contribution is -2.42. The van der Waals surface area contributed by atoms with E-state index in [4.69, 9.17) is 19.6 Å². The largest absolute Gasteiger partial charge is 0.234 e. The van der Waals surface area contributed by atoms with Crippen LogP contribution in [0.15, 0.2) is 0 Å². The number of hydrogen-bond donors (Lipinski definition) is 0. The van der Waals surface area contributed by atoms with Crippen molar-refractivity contribution in [3.05, 3.63) is 0 Å². The van der Waals surface area contributed by atoms with E-state index in [0.29, 0.717) is 0 Å². The van der Waals surface area contributed by atoms with Crippen LogP contribution in [0, 0.1) is 0 Å². The summed E-state index contributed by atoms with van der Waals surface area (Å²) in [5.41, 5.74) is -0.663. The first-order valence-electron chi connectivity index (χ1n) is 11.4. The van der Waals surface area contributed by atoms with E-state index in [1.54, 1.807) is 0 Å². The van der Waals surface area contributed by atoms with E-state index in [0.717, 1.165) is 51.4 Å². The zero-order valence-corrected chi connectivity index (χ0v) is 19.6. The van der Waals surface area contributed by atoms with Crippen LogP contribution in [0.3, 0.4) is 0 Å². The van der Waals surface area contributed by atoms with Crippen LogP contribution in [0.25, 0.3) is 0 Å². The van der Waals surface area contributed by atoms with Crippen molar-refractivity contribution in [2.75, 3.05) is 0 Å². The summed E-state index contributed by atoms with van der Waals surface area (Å²) in [5, 5.41) is 0. The average molecular weight is 389 g/mol. The van der Waals surface area contributed by atoms with Crippen molar-refractivity contribution in [2.45, 2.75) is 149 Å². The predicted molar refractivity (Wildman–Crippen MR) is 113 cm³/mol. The van der Waals surface area contributed by atoms with Crippen LogP contribution in [0.5, 0.6) is 0 Å². The van der Waals surface area contributed by atoms with E-state index in [1.807, 2.05) is 0 Å². The third kappa shape index (κ3) is 12.8. The topological polar surface area (TPSA) is 36.9 Å². The molecule has 0 fully saturated rings. The molecule has 0 N–H and O–H groups in total. The van der Waals surface area contributed by atoms with Crippen LogP contribution in [0.1, 0.15) is 132 Å². The normalized spacial score (nSPS) is 13.3. The Bertz CT molecular complexity index is 318. The number of unbranched alkanes of at least 4 members (excludes halogenated alkanes) is 4. The van der Waals surface area contributed by atoms with Crippen molar-refractivity contribution in [1.82, 2.24) is 0 Å². The zero-order chi connectivity index (χ0) is 20.8. The Morgan fingerprint density at radius 3 is 1.11 bits per heavy atom. The van der Waals surface area contributed by atoms with Crippen molar-refractivity contribution < 1.29 is 19.6 Å². The summed E-state index contributed by atoms with van der Waals surface area (Å²) >= 11 is 0. The van der Waals surface area contributed by atoms with Gasteiger partial charge in [-0.25, -0.2) is 9.78 Å². The van der Waals surface area contributed by atoms with Gasteiger partial charge in [0.2, 0.25) is 5.79 Å². The zero-order valence-electron chi connectivity index (χ0n) is 19.6. The minimum Gasteiger partial charge on any atom is -0.228 e. The Morgan fingerprint density at radius 1 is 0.444 bits per heavy atom. The Morgan fingerprint density at radius 2 is 0.815 bits per heavy atom. The van der Waals surface area contributed by atoms with Gasteiger partial charge in [-0.1, -0.05) is 79.1 Å². The van der Waals surface area contributed by atoms with Crippen molar-refractivity contribution in [2.24, 2.45) is 0 Å². The van der Waals surface area contributed by atoms with E-state index in [2.05, 4.69) is 55.4 Å². The molecule has 0 heterocycles. The summed E-state index contributed by atoms with van der Waals surface area (Å²) in [6.45, 7) is 17.0. The molecule has 164 valence electrons. The first-order valence-corrected chi connectivity index (χ1v) is 11.4. The SMILES string of the molecule is CCCCCC(C)(C)OOC(CCC)(CCC)OOC(C)(C)CCCCC. The van der Waals surface area contributed by atoms with Gasteiger partial charge in [0.15, 0.2) is 0 Å². The maximum atomic E-state index is 5.98. The maximum absolute atomic E-state index is 5.98. The summed E-state index contributed by atoms with van der Waals surface area (Å²) in [6.07, 6.45) is 12.4. The molecule has 0 aromatic carbocycles. The maximum Gasteiger partial charge on any atom is 0.234 e. The Balaban J connectivity index is 4.87. The summed E-state index contributed by atoms with van der Waals surface area (Å²) < 4.78 is 0. The first-order chi connectivity index (χ1) is 12.7. The van der Waals surface area contributed by atoms with Gasteiger partial charge in [0.25, 0.3) is 0 Å². The molecule has 0 rings (SSSR count). The third-order valence-corrected chi connectivity index (χ3v) is 4.86. The highest BCUT2D eigenvalue weighted by atomic mass is 17.3. The van der Waals surface area contributed by atoms with Crippen molar-refractivity contribution >= 4 is 0 Å². The fourth-order valence-electron chi connectivity index (χ4n) is 3.13. The minimum absolute atomic E-state index is 0.331. The molecule has 0 amide bonds. The van der Waals surface area contributed by atoms with Gasteiger partial charge in [-0.05, 0) is 40.5 Å². The highest BCUT2D eigenvalue weighted by Crippen LogP contribution is 2.32. The standard InChI is InChI=1S/C23H48O4/c1-9-13-15-19-21(5,6)24-26-23(17-11-3,18-12-4)27-25-22(7,8)20-16-14-10-2/h9-20H2,1-8H3. The van der Waals surface area contributed by atoms with Crippen LogP contribution in [-0.2, 0) is 19.6 Å². The molecular weight excluding hydrogens is 340 g/mol. The lowest BCUT2D eigenvalue weighted by atomic mass is 10.0. The fourth-order valence-corrected chi connectivity index (χ4v) is 3.13. The van der Waals surface area contributed by atoms with Gasteiger partial charge in [0, 0.05) is 12.8 Å². The molecule has 0 aliphatic carbocycles. The molecule has 0 atom stereocenters. The molecule has 0 aliphatic rings. The smallest absolute Gasteiger partial charge is 0.228 e. The molecular formula is C23H48O4. The van der Waals surface area contributed by atoms with Crippen molar-refractivity contribution in [1.29, 1.82) is 0 Å². The van der Waals surface area contributed by atoms with E-state index in [-0.39, 0.29) is 11.2 Å². The Hall–Kier alpha value is -0.160. The van der Waals surface area contributed by atoms with E-state index < -0.39 is 5.79 Å².